The molecule has 2 aliphatic heterocycles. The first-order chi connectivity index (χ1) is 12.8. The third-order valence-electron chi connectivity index (χ3n) is 6.83. The topological polar surface area (TPSA) is 24.9 Å². The zero-order valence-corrected chi connectivity index (χ0v) is 16.5. The van der Waals surface area contributed by atoms with E-state index in [-0.39, 0.29) is 0 Å². The van der Waals surface area contributed by atoms with E-state index in [1.54, 1.807) is 14.2 Å². The maximum atomic E-state index is 5.49. The molecule has 1 saturated carbocycles. The molecular weight excluding hydrogens is 324 g/mol. The Kier molecular flexibility index (Phi) is 5.70. The van der Waals surface area contributed by atoms with Crippen LogP contribution < -0.4 is 9.47 Å². The van der Waals surface area contributed by atoms with Gasteiger partial charge in [-0.3, -0.25) is 9.80 Å². The highest BCUT2D eigenvalue weighted by molar-refractivity contribution is 5.38. The molecular formula is C22H34N2O2. The standard InChI is InChI=1S/C22H34N2O2/c1-25-19-13-17(14-20(15-19)26-2)16-24-12-11-23-10-6-9-21(23)22(24)18-7-4-3-5-8-18/h13-15,18,21-22H,3-12,16H2,1-2H3/t21-,22-/m1/s1. The van der Waals surface area contributed by atoms with Crippen LogP contribution in [0.1, 0.15) is 50.5 Å². The van der Waals surface area contributed by atoms with Gasteiger partial charge in [0.15, 0.2) is 0 Å². The third kappa shape index (κ3) is 3.72. The Balaban J connectivity index is 1.57. The minimum Gasteiger partial charge on any atom is -0.497 e. The van der Waals surface area contributed by atoms with Gasteiger partial charge in [-0.1, -0.05) is 19.3 Å². The van der Waals surface area contributed by atoms with Crippen LogP contribution in [0.25, 0.3) is 0 Å². The van der Waals surface area contributed by atoms with Crippen LogP contribution in [0.5, 0.6) is 11.5 Å². The Labute approximate surface area is 158 Å². The molecule has 26 heavy (non-hydrogen) atoms. The number of hydrogen-bond donors (Lipinski definition) is 0. The van der Waals surface area contributed by atoms with Gasteiger partial charge in [0.05, 0.1) is 14.2 Å². The van der Waals surface area contributed by atoms with Crippen LogP contribution >= 0.6 is 0 Å². The number of methoxy groups -OCH3 is 2. The fraction of sp³-hybridized carbons (Fsp3) is 0.727. The zero-order chi connectivity index (χ0) is 17.9. The van der Waals surface area contributed by atoms with Gasteiger partial charge in [-0.15, -0.1) is 0 Å². The summed E-state index contributed by atoms with van der Waals surface area (Å²) in [6, 6.07) is 7.84. The van der Waals surface area contributed by atoms with Gasteiger partial charge in [-0.05, 0) is 55.8 Å². The monoisotopic (exact) mass is 358 g/mol. The maximum Gasteiger partial charge on any atom is 0.122 e. The predicted molar refractivity (Wildman–Crippen MR) is 105 cm³/mol. The van der Waals surface area contributed by atoms with Gasteiger partial charge < -0.3 is 9.47 Å². The second-order valence-corrected chi connectivity index (χ2v) is 8.33. The summed E-state index contributed by atoms with van der Waals surface area (Å²) in [5.41, 5.74) is 1.31. The van der Waals surface area contributed by atoms with Crippen LogP contribution in [0.15, 0.2) is 18.2 Å². The predicted octanol–water partition coefficient (Wildman–Crippen LogP) is 3.93. The zero-order valence-electron chi connectivity index (χ0n) is 16.5. The van der Waals surface area contributed by atoms with Gasteiger partial charge >= 0.3 is 0 Å². The summed E-state index contributed by atoms with van der Waals surface area (Å²) in [4.78, 5) is 5.57. The number of piperazine rings is 1. The molecule has 0 unspecified atom stereocenters. The number of ether oxygens (including phenoxy) is 2. The van der Waals surface area contributed by atoms with Crippen molar-refractivity contribution in [1.29, 1.82) is 0 Å². The van der Waals surface area contributed by atoms with Gasteiger partial charge in [-0.25, -0.2) is 0 Å². The number of nitrogens with zero attached hydrogens (tertiary/aromatic N) is 2. The number of hydrogen-bond acceptors (Lipinski definition) is 4. The second kappa shape index (κ2) is 8.18. The minimum atomic E-state index is 0.726. The highest BCUT2D eigenvalue weighted by atomic mass is 16.5. The van der Waals surface area contributed by atoms with Crippen molar-refractivity contribution in [2.75, 3.05) is 33.9 Å². The first-order valence-corrected chi connectivity index (χ1v) is 10.5. The molecule has 3 aliphatic rings. The van der Waals surface area contributed by atoms with E-state index in [4.69, 9.17) is 9.47 Å². The van der Waals surface area contributed by atoms with Gasteiger partial charge in [0.1, 0.15) is 11.5 Å². The van der Waals surface area contributed by atoms with Gasteiger partial charge in [0.25, 0.3) is 0 Å². The molecule has 0 aromatic heterocycles. The van der Waals surface area contributed by atoms with Crippen molar-refractivity contribution in [3.8, 4) is 11.5 Å². The van der Waals surface area contributed by atoms with Crippen molar-refractivity contribution in [2.45, 2.75) is 63.6 Å². The first kappa shape index (κ1) is 18.1. The Hall–Kier alpha value is -1.26. The molecule has 4 rings (SSSR count). The molecule has 1 aromatic carbocycles. The van der Waals surface area contributed by atoms with Crippen LogP contribution in [0.4, 0.5) is 0 Å². The summed E-state index contributed by atoms with van der Waals surface area (Å²) in [6.45, 7) is 4.75. The second-order valence-electron chi connectivity index (χ2n) is 8.33. The van der Waals surface area contributed by atoms with E-state index in [2.05, 4.69) is 21.9 Å². The normalized spacial score (nSPS) is 28.1. The quantitative estimate of drug-likeness (QED) is 0.796. The third-order valence-corrected chi connectivity index (χ3v) is 6.83. The SMILES string of the molecule is COc1cc(CN2CCN3CCC[C@@H]3[C@H]2C2CCCCC2)cc(OC)c1. The Morgan fingerprint density at radius 1 is 0.846 bits per heavy atom. The van der Waals surface area contributed by atoms with E-state index < -0.39 is 0 Å². The molecule has 0 N–H and O–H groups in total. The molecule has 2 atom stereocenters. The lowest BCUT2D eigenvalue weighted by Gasteiger charge is -2.49. The molecule has 1 aromatic rings. The van der Waals surface area contributed by atoms with Gasteiger partial charge in [0, 0.05) is 37.8 Å². The maximum absolute atomic E-state index is 5.49. The molecule has 0 bridgehead atoms. The molecule has 0 spiro atoms. The smallest absolute Gasteiger partial charge is 0.122 e. The molecule has 0 radical (unpaired) electrons. The Morgan fingerprint density at radius 3 is 2.27 bits per heavy atom. The van der Waals surface area contributed by atoms with Crippen LogP contribution in [-0.2, 0) is 6.54 Å². The summed E-state index contributed by atoms with van der Waals surface area (Å²) < 4.78 is 11.0. The molecule has 3 fully saturated rings. The van der Waals surface area contributed by atoms with Crippen molar-refractivity contribution in [3.05, 3.63) is 23.8 Å². The first-order valence-electron chi connectivity index (χ1n) is 10.5. The highest BCUT2D eigenvalue weighted by Gasteiger charge is 2.42. The van der Waals surface area contributed by atoms with E-state index >= 15 is 0 Å². The lowest BCUT2D eigenvalue weighted by Crippen LogP contribution is -2.59. The fourth-order valence-corrected chi connectivity index (χ4v) is 5.63. The number of rotatable bonds is 5. The summed E-state index contributed by atoms with van der Waals surface area (Å²) >= 11 is 0. The summed E-state index contributed by atoms with van der Waals surface area (Å²) in [7, 11) is 3.47. The van der Waals surface area contributed by atoms with Crippen LogP contribution in [0.2, 0.25) is 0 Å². The lowest BCUT2D eigenvalue weighted by molar-refractivity contribution is -0.00384. The largest absolute Gasteiger partial charge is 0.497 e. The van der Waals surface area contributed by atoms with E-state index in [1.807, 2.05) is 6.07 Å². The average Bonchev–Trinajstić information content (AvgIpc) is 3.17. The molecule has 144 valence electrons. The molecule has 4 nitrogen and oxygen atoms in total. The molecule has 2 heterocycles. The molecule has 1 aliphatic carbocycles. The summed E-state index contributed by atoms with van der Waals surface area (Å²) in [5, 5.41) is 0. The van der Waals surface area contributed by atoms with Gasteiger partial charge in [-0.2, -0.15) is 0 Å². The Bertz CT molecular complexity index is 578. The number of fused-ring (bicyclic) bond motifs is 1. The number of benzene rings is 1. The van der Waals surface area contributed by atoms with Crippen LogP contribution in [-0.4, -0.2) is 55.7 Å². The fourth-order valence-electron chi connectivity index (χ4n) is 5.63. The van der Waals surface area contributed by atoms with E-state index in [9.17, 15) is 0 Å². The van der Waals surface area contributed by atoms with E-state index in [0.29, 0.717) is 0 Å². The van der Waals surface area contributed by atoms with Crippen LogP contribution in [0.3, 0.4) is 0 Å². The van der Waals surface area contributed by atoms with Crippen LogP contribution in [0, 0.1) is 5.92 Å². The minimum absolute atomic E-state index is 0.726. The summed E-state index contributed by atoms with van der Waals surface area (Å²) in [6.07, 6.45) is 9.90. The van der Waals surface area contributed by atoms with E-state index in [1.165, 1.54) is 70.1 Å². The Morgan fingerprint density at radius 2 is 1.58 bits per heavy atom. The molecule has 0 amide bonds. The molecule has 4 heteroatoms. The summed E-state index contributed by atoms with van der Waals surface area (Å²) in [5.74, 6) is 2.67. The van der Waals surface area contributed by atoms with Crippen molar-refractivity contribution in [1.82, 2.24) is 9.80 Å². The van der Waals surface area contributed by atoms with E-state index in [0.717, 1.165) is 36.0 Å². The van der Waals surface area contributed by atoms with Crippen molar-refractivity contribution >= 4 is 0 Å². The van der Waals surface area contributed by atoms with Crippen molar-refractivity contribution in [3.63, 3.8) is 0 Å². The van der Waals surface area contributed by atoms with Crippen molar-refractivity contribution < 1.29 is 9.47 Å². The van der Waals surface area contributed by atoms with Crippen molar-refractivity contribution in [2.24, 2.45) is 5.92 Å². The molecule has 2 saturated heterocycles. The average molecular weight is 359 g/mol. The lowest BCUT2D eigenvalue weighted by atomic mass is 9.78. The van der Waals surface area contributed by atoms with Gasteiger partial charge in [0.2, 0.25) is 0 Å². The highest BCUT2D eigenvalue weighted by Crippen LogP contribution is 2.38.